The molecule has 0 unspecified atom stereocenters. The molecule has 1 rings (SSSR count). The lowest BCUT2D eigenvalue weighted by Crippen LogP contribution is -2.00. The lowest BCUT2D eigenvalue weighted by Gasteiger charge is -2.07. The van der Waals surface area contributed by atoms with Crippen molar-refractivity contribution in [1.82, 2.24) is 0 Å². The molecule has 0 amide bonds. The third-order valence-electron chi connectivity index (χ3n) is 2.26. The van der Waals surface area contributed by atoms with Gasteiger partial charge in [-0.05, 0) is 37.0 Å². The number of carboxylic acid groups (broad SMARTS) is 1. The first kappa shape index (κ1) is 10.6. The van der Waals surface area contributed by atoms with E-state index in [2.05, 4.69) is 0 Å². The number of rotatable bonds is 4. The van der Waals surface area contributed by atoms with Crippen LogP contribution in [0, 0.1) is 6.92 Å². The van der Waals surface area contributed by atoms with Crippen LogP contribution in [0.3, 0.4) is 0 Å². The minimum absolute atomic E-state index is 0.202. The monoisotopic (exact) mass is 193 g/mol. The van der Waals surface area contributed by atoms with Crippen LogP contribution in [-0.2, 0) is 11.2 Å². The van der Waals surface area contributed by atoms with Gasteiger partial charge in [0, 0.05) is 12.1 Å². The zero-order valence-corrected chi connectivity index (χ0v) is 8.29. The summed E-state index contributed by atoms with van der Waals surface area (Å²) < 4.78 is 0. The lowest BCUT2D eigenvalue weighted by molar-refractivity contribution is -0.137. The van der Waals surface area contributed by atoms with Crippen LogP contribution in [0.1, 0.15) is 24.0 Å². The van der Waals surface area contributed by atoms with E-state index in [4.69, 9.17) is 10.8 Å². The number of aryl methyl sites for hydroxylation is 1. The van der Waals surface area contributed by atoms with E-state index in [1.54, 1.807) is 0 Å². The average molecular weight is 193 g/mol. The first-order chi connectivity index (χ1) is 6.61. The molecule has 0 aromatic heterocycles. The van der Waals surface area contributed by atoms with Crippen LogP contribution in [0.15, 0.2) is 18.2 Å². The van der Waals surface area contributed by atoms with Gasteiger partial charge in [-0.3, -0.25) is 4.79 Å². The van der Waals surface area contributed by atoms with Gasteiger partial charge in [0.15, 0.2) is 0 Å². The fraction of sp³-hybridized carbons (Fsp3) is 0.364. The van der Waals surface area contributed by atoms with Crippen LogP contribution < -0.4 is 5.73 Å². The summed E-state index contributed by atoms with van der Waals surface area (Å²) in [6.07, 6.45) is 1.59. The van der Waals surface area contributed by atoms with Gasteiger partial charge >= 0.3 is 5.97 Å². The van der Waals surface area contributed by atoms with Crippen molar-refractivity contribution in [3.05, 3.63) is 29.3 Å². The average Bonchev–Trinajstić information content (AvgIpc) is 2.09. The molecule has 76 valence electrons. The van der Waals surface area contributed by atoms with Crippen molar-refractivity contribution in [2.75, 3.05) is 5.73 Å². The van der Waals surface area contributed by atoms with Crippen molar-refractivity contribution in [3.63, 3.8) is 0 Å². The summed E-state index contributed by atoms with van der Waals surface area (Å²) in [4.78, 5) is 10.3. The zero-order valence-electron chi connectivity index (χ0n) is 8.29. The highest BCUT2D eigenvalue weighted by Gasteiger charge is 2.03. The quantitative estimate of drug-likeness (QED) is 0.719. The Morgan fingerprint density at radius 1 is 1.50 bits per heavy atom. The van der Waals surface area contributed by atoms with Gasteiger partial charge in [0.25, 0.3) is 0 Å². The number of anilines is 1. The van der Waals surface area contributed by atoms with E-state index < -0.39 is 5.97 Å². The number of nitrogen functional groups attached to an aromatic ring is 1. The molecule has 0 fully saturated rings. The fourth-order valence-corrected chi connectivity index (χ4v) is 1.48. The summed E-state index contributed by atoms with van der Waals surface area (Å²) in [5, 5.41) is 8.50. The highest BCUT2D eigenvalue weighted by atomic mass is 16.4. The Morgan fingerprint density at radius 3 is 2.79 bits per heavy atom. The highest BCUT2D eigenvalue weighted by Crippen LogP contribution is 2.18. The normalized spacial score (nSPS) is 10.1. The highest BCUT2D eigenvalue weighted by molar-refractivity contribution is 5.66. The second-order valence-corrected chi connectivity index (χ2v) is 3.39. The molecule has 0 saturated carbocycles. The fourth-order valence-electron chi connectivity index (χ4n) is 1.48. The molecular weight excluding hydrogens is 178 g/mol. The predicted molar refractivity (Wildman–Crippen MR) is 56.2 cm³/mol. The molecule has 0 aliphatic heterocycles. The number of carbonyl (C=O) groups is 1. The summed E-state index contributed by atoms with van der Waals surface area (Å²) >= 11 is 0. The number of carboxylic acids is 1. The largest absolute Gasteiger partial charge is 0.481 e. The standard InChI is InChI=1S/C11H15NO2/c1-8-4-2-6-10(12)9(8)5-3-7-11(13)14/h2,4,6H,3,5,7,12H2,1H3,(H,13,14). The lowest BCUT2D eigenvalue weighted by atomic mass is 10.0. The summed E-state index contributed by atoms with van der Waals surface area (Å²) in [6, 6.07) is 5.75. The number of nitrogens with two attached hydrogens (primary N) is 1. The van der Waals surface area contributed by atoms with E-state index in [9.17, 15) is 4.79 Å². The van der Waals surface area contributed by atoms with E-state index in [1.165, 1.54) is 0 Å². The van der Waals surface area contributed by atoms with E-state index in [0.717, 1.165) is 23.2 Å². The molecule has 0 bridgehead atoms. The van der Waals surface area contributed by atoms with Crippen LogP contribution in [0.2, 0.25) is 0 Å². The van der Waals surface area contributed by atoms with Crippen molar-refractivity contribution in [3.8, 4) is 0 Å². The number of hydrogen-bond acceptors (Lipinski definition) is 2. The van der Waals surface area contributed by atoms with Crippen molar-refractivity contribution >= 4 is 11.7 Å². The minimum Gasteiger partial charge on any atom is -0.481 e. The van der Waals surface area contributed by atoms with Gasteiger partial charge < -0.3 is 10.8 Å². The SMILES string of the molecule is Cc1cccc(N)c1CCCC(=O)O. The van der Waals surface area contributed by atoms with Gasteiger partial charge in [0.1, 0.15) is 0 Å². The smallest absolute Gasteiger partial charge is 0.303 e. The maximum absolute atomic E-state index is 10.3. The molecule has 3 heteroatoms. The molecule has 3 nitrogen and oxygen atoms in total. The maximum Gasteiger partial charge on any atom is 0.303 e. The van der Waals surface area contributed by atoms with Crippen molar-refractivity contribution in [2.45, 2.75) is 26.2 Å². The third kappa shape index (κ3) is 2.76. The Hall–Kier alpha value is -1.51. The Kier molecular flexibility index (Phi) is 3.51. The van der Waals surface area contributed by atoms with Gasteiger partial charge in [0.2, 0.25) is 0 Å². The molecule has 1 aromatic rings. The predicted octanol–water partition coefficient (Wildman–Crippen LogP) is 1.98. The van der Waals surface area contributed by atoms with Crippen LogP contribution in [-0.4, -0.2) is 11.1 Å². The van der Waals surface area contributed by atoms with E-state index in [1.807, 2.05) is 25.1 Å². The molecule has 14 heavy (non-hydrogen) atoms. The van der Waals surface area contributed by atoms with Crippen LogP contribution in [0.5, 0.6) is 0 Å². The van der Waals surface area contributed by atoms with Gasteiger partial charge in [0.05, 0.1) is 0 Å². The second kappa shape index (κ2) is 4.65. The molecular formula is C11H15NO2. The van der Waals surface area contributed by atoms with E-state index >= 15 is 0 Å². The van der Waals surface area contributed by atoms with Crippen LogP contribution in [0.4, 0.5) is 5.69 Å². The molecule has 0 radical (unpaired) electrons. The summed E-state index contributed by atoms with van der Waals surface area (Å²) in [7, 11) is 0. The number of aliphatic carboxylic acids is 1. The Balaban J connectivity index is 2.62. The molecule has 1 aromatic carbocycles. The molecule has 3 N–H and O–H groups in total. The van der Waals surface area contributed by atoms with Crippen LogP contribution in [0.25, 0.3) is 0 Å². The molecule has 0 saturated heterocycles. The van der Waals surface area contributed by atoms with Gasteiger partial charge in [-0.2, -0.15) is 0 Å². The molecule has 0 spiro atoms. The van der Waals surface area contributed by atoms with Gasteiger partial charge in [-0.25, -0.2) is 0 Å². The van der Waals surface area contributed by atoms with Gasteiger partial charge in [-0.1, -0.05) is 12.1 Å². The first-order valence-corrected chi connectivity index (χ1v) is 4.67. The van der Waals surface area contributed by atoms with E-state index in [-0.39, 0.29) is 6.42 Å². The number of benzene rings is 1. The van der Waals surface area contributed by atoms with Crippen molar-refractivity contribution < 1.29 is 9.90 Å². The first-order valence-electron chi connectivity index (χ1n) is 4.67. The number of hydrogen-bond donors (Lipinski definition) is 2. The van der Waals surface area contributed by atoms with E-state index in [0.29, 0.717) is 6.42 Å². The van der Waals surface area contributed by atoms with Crippen LogP contribution >= 0.6 is 0 Å². The Morgan fingerprint density at radius 2 is 2.21 bits per heavy atom. The second-order valence-electron chi connectivity index (χ2n) is 3.39. The molecule has 0 aliphatic rings. The Labute approximate surface area is 83.6 Å². The third-order valence-corrected chi connectivity index (χ3v) is 2.26. The minimum atomic E-state index is -0.753. The Bertz CT molecular complexity index is 314. The molecule has 0 heterocycles. The molecule has 0 atom stereocenters. The molecule has 0 aliphatic carbocycles. The zero-order chi connectivity index (χ0) is 10.6. The maximum atomic E-state index is 10.3. The topological polar surface area (TPSA) is 63.3 Å². The summed E-state index contributed by atoms with van der Waals surface area (Å²) in [6.45, 7) is 1.99. The van der Waals surface area contributed by atoms with Crippen molar-refractivity contribution in [1.29, 1.82) is 0 Å². The summed E-state index contributed by atoms with van der Waals surface area (Å²) in [5.41, 5.74) is 8.76. The van der Waals surface area contributed by atoms with Gasteiger partial charge in [-0.15, -0.1) is 0 Å². The summed E-state index contributed by atoms with van der Waals surface area (Å²) in [5.74, 6) is -0.753. The van der Waals surface area contributed by atoms with Crippen molar-refractivity contribution in [2.24, 2.45) is 0 Å².